The van der Waals surface area contributed by atoms with Gasteiger partial charge in [0.1, 0.15) is 0 Å². The maximum absolute atomic E-state index is 4.61. The van der Waals surface area contributed by atoms with Gasteiger partial charge in [0.15, 0.2) is 5.82 Å². The van der Waals surface area contributed by atoms with Crippen molar-refractivity contribution in [3.05, 3.63) is 71.9 Å². The molecule has 0 saturated carbocycles. The van der Waals surface area contributed by atoms with Crippen LogP contribution in [-0.2, 0) is 13.0 Å². The van der Waals surface area contributed by atoms with Crippen LogP contribution < -0.4 is 10.2 Å². The summed E-state index contributed by atoms with van der Waals surface area (Å²) in [4.78, 5) is 6.85. The van der Waals surface area contributed by atoms with Gasteiger partial charge in [-0.15, -0.1) is 5.10 Å². The Labute approximate surface area is 135 Å². The third-order valence-electron chi connectivity index (χ3n) is 4.03. The highest BCUT2D eigenvalue weighted by atomic mass is 15.3. The van der Waals surface area contributed by atoms with Crippen molar-refractivity contribution in [3.8, 4) is 0 Å². The van der Waals surface area contributed by atoms with Crippen LogP contribution >= 0.6 is 0 Å². The van der Waals surface area contributed by atoms with Crippen molar-refractivity contribution in [3.63, 3.8) is 0 Å². The fraction of sp³-hybridized carbons (Fsp3) is 0.167. The Morgan fingerprint density at radius 1 is 0.913 bits per heavy atom. The molecule has 0 aliphatic carbocycles. The summed E-state index contributed by atoms with van der Waals surface area (Å²) >= 11 is 0. The van der Waals surface area contributed by atoms with E-state index in [4.69, 9.17) is 0 Å². The molecule has 1 N–H and O–H groups in total. The topological polar surface area (TPSA) is 53.9 Å². The second kappa shape index (κ2) is 6.04. The molecule has 0 bridgehead atoms. The van der Waals surface area contributed by atoms with Crippen LogP contribution in [-0.4, -0.2) is 21.7 Å². The van der Waals surface area contributed by atoms with Crippen molar-refractivity contribution in [1.82, 2.24) is 15.2 Å². The van der Waals surface area contributed by atoms with Gasteiger partial charge in [0.05, 0.1) is 6.20 Å². The second-order valence-corrected chi connectivity index (χ2v) is 5.57. The van der Waals surface area contributed by atoms with Gasteiger partial charge in [-0.25, -0.2) is 0 Å². The fourth-order valence-corrected chi connectivity index (χ4v) is 2.84. The van der Waals surface area contributed by atoms with Gasteiger partial charge in [0, 0.05) is 18.8 Å². The lowest BCUT2D eigenvalue weighted by molar-refractivity contribution is 0.715. The summed E-state index contributed by atoms with van der Waals surface area (Å²) in [6.45, 7) is 1.81. The minimum atomic E-state index is 0.521. The zero-order chi connectivity index (χ0) is 15.5. The average Bonchev–Trinajstić information content (AvgIpc) is 2.62. The molecule has 1 aliphatic rings. The van der Waals surface area contributed by atoms with E-state index in [1.807, 2.05) is 30.3 Å². The number of fused-ring (bicyclic) bond motifs is 1. The molecule has 0 amide bonds. The zero-order valence-electron chi connectivity index (χ0n) is 12.7. The Balaban J connectivity index is 1.55. The maximum atomic E-state index is 4.61. The molecule has 5 nitrogen and oxygen atoms in total. The normalized spacial score (nSPS) is 13.5. The first kappa shape index (κ1) is 13.7. The van der Waals surface area contributed by atoms with Crippen molar-refractivity contribution in [2.45, 2.75) is 13.0 Å². The molecule has 0 fully saturated rings. The van der Waals surface area contributed by atoms with E-state index in [0.717, 1.165) is 31.0 Å². The molecule has 0 radical (unpaired) electrons. The number of aromatic nitrogens is 3. The molecule has 2 heterocycles. The number of hydrogen-bond acceptors (Lipinski definition) is 5. The minimum absolute atomic E-state index is 0.521. The van der Waals surface area contributed by atoms with Crippen LogP contribution in [0.3, 0.4) is 0 Å². The van der Waals surface area contributed by atoms with Crippen LogP contribution in [0.15, 0.2) is 60.8 Å². The Kier molecular flexibility index (Phi) is 3.60. The molecule has 1 aromatic heterocycles. The molecule has 3 aromatic rings. The first-order valence-electron chi connectivity index (χ1n) is 7.72. The van der Waals surface area contributed by atoms with E-state index in [9.17, 15) is 0 Å². The summed E-state index contributed by atoms with van der Waals surface area (Å²) in [5.41, 5.74) is 3.73. The number of para-hydroxylation sites is 1. The number of benzene rings is 2. The third kappa shape index (κ3) is 2.99. The smallest absolute Gasteiger partial charge is 0.249 e. The highest BCUT2D eigenvalue weighted by Gasteiger charge is 2.17. The number of nitrogens with one attached hydrogen (secondary N) is 1. The summed E-state index contributed by atoms with van der Waals surface area (Å²) in [6, 6.07) is 18.5. The molecular weight excluding hydrogens is 286 g/mol. The molecule has 4 rings (SSSR count). The molecule has 23 heavy (non-hydrogen) atoms. The molecule has 0 atom stereocenters. The summed E-state index contributed by atoms with van der Waals surface area (Å²) in [7, 11) is 0. The van der Waals surface area contributed by atoms with Crippen molar-refractivity contribution >= 4 is 17.5 Å². The monoisotopic (exact) mass is 303 g/mol. The number of rotatable bonds is 3. The van der Waals surface area contributed by atoms with Crippen LogP contribution in [0, 0.1) is 0 Å². The maximum Gasteiger partial charge on any atom is 0.249 e. The van der Waals surface area contributed by atoms with Crippen molar-refractivity contribution in [2.24, 2.45) is 0 Å². The lowest BCUT2D eigenvalue weighted by Crippen LogP contribution is -2.31. The largest absolute Gasteiger partial charge is 0.350 e. The number of nitrogens with zero attached hydrogens (tertiary/aromatic N) is 4. The lowest BCUT2D eigenvalue weighted by atomic mass is 10.0. The molecule has 114 valence electrons. The van der Waals surface area contributed by atoms with Crippen molar-refractivity contribution in [1.29, 1.82) is 0 Å². The summed E-state index contributed by atoms with van der Waals surface area (Å²) in [5.74, 6) is 1.38. The highest BCUT2D eigenvalue weighted by molar-refractivity contribution is 5.54. The van der Waals surface area contributed by atoms with E-state index < -0.39 is 0 Å². The van der Waals surface area contributed by atoms with E-state index in [1.165, 1.54) is 11.1 Å². The second-order valence-electron chi connectivity index (χ2n) is 5.57. The van der Waals surface area contributed by atoms with E-state index in [0.29, 0.717) is 5.95 Å². The van der Waals surface area contributed by atoms with Gasteiger partial charge in [-0.2, -0.15) is 10.1 Å². The van der Waals surface area contributed by atoms with Crippen molar-refractivity contribution in [2.75, 3.05) is 16.8 Å². The molecule has 1 aliphatic heterocycles. The molecule has 0 spiro atoms. The van der Waals surface area contributed by atoms with E-state index in [-0.39, 0.29) is 0 Å². The van der Waals surface area contributed by atoms with Crippen molar-refractivity contribution < 1.29 is 0 Å². The highest BCUT2D eigenvalue weighted by Crippen LogP contribution is 2.23. The van der Waals surface area contributed by atoms with Gasteiger partial charge in [0.25, 0.3) is 0 Å². The zero-order valence-corrected chi connectivity index (χ0v) is 12.7. The number of anilines is 3. The third-order valence-corrected chi connectivity index (χ3v) is 4.03. The molecule has 2 aromatic carbocycles. The van der Waals surface area contributed by atoms with Gasteiger partial charge in [-0.05, 0) is 29.7 Å². The summed E-state index contributed by atoms with van der Waals surface area (Å²) in [5, 5.41) is 11.4. The first-order chi connectivity index (χ1) is 11.4. The van der Waals surface area contributed by atoms with Gasteiger partial charge in [-0.3, -0.25) is 0 Å². The fourth-order valence-electron chi connectivity index (χ4n) is 2.84. The van der Waals surface area contributed by atoms with Gasteiger partial charge in [-0.1, -0.05) is 42.5 Å². The lowest BCUT2D eigenvalue weighted by Gasteiger charge is -2.29. The summed E-state index contributed by atoms with van der Waals surface area (Å²) < 4.78 is 0. The Morgan fingerprint density at radius 2 is 1.70 bits per heavy atom. The van der Waals surface area contributed by atoms with Crippen LogP contribution in [0.1, 0.15) is 11.1 Å². The Bertz CT molecular complexity index is 803. The molecular formula is C18H17N5. The molecule has 0 saturated heterocycles. The van der Waals surface area contributed by atoms with E-state index in [1.54, 1.807) is 6.20 Å². The predicted molar refractivity (Wildman–Crippen MR) is 90.7 cm³/mol. The predicted octanol–water partition coefficient (Wildman–Crippen LogP) is 3.18. The Hall–Kier alpha value is -2.95. The van der Waals surface area contributed by atoms with E-state index >= 15 is 0 Å². The molecule has 0 unspecified atom stereocenters. The van der Waals surface area contributed by atoms with Gasteiger partial charge in [0.2, 0.25) is 5.95 Å². The molecule has 5 heteroatoms. The van der Waals surface area contributed by atoms with Crippen LogP contribution in [0.25, 0.3) is 0 Å². The quantitative estimate of drug-likeness (QED) is 0.805. The SMILES string of the molecule is c1ccc(Nc2nncc(N3CCc4ccccc4C3)n2)cc1. The van der Waals surface area contributed by atoms with Gasteiger partial charge >= 0.3 is 0 Å². The minimum Gasteiger partial charge on any atom is -0.350 e. The van der Waals surface area contributed by atoms with E-state index in [2.05, 4.69) is 49.7 Å². The average molecular weight is 303 g/mol. The van der Waals surface area contributed by atoms with Gasteiger partial charge < -0.3 is 10.2 Å². The van der Waals surface area contributed by atoms with Crippen LogP contribution in [0.5, 0.6) is 0 Å². The van der Waals surface area contributed by atoms with Crippen LogP contribution in [0.4, 0.5) is 17.5 Å². The van der Waals surface area contributed by atoms with Crippen LogP contribution in [0.2, 0.25) is 0 Å². The standard InChI is InChI=1S/C18H17N5/c1-2-8-16(9-3-1)20-18-21-17(12-19-22-18)23-11-10-14-6-4-5-7-15(14)13-23/h1-9,12H,10-11,13H2,(H,20,21,22). The first-order valence-corrected chi connectivity index (χ1v) is 7.72. The Morgan fingerprint density at radius 3 is 2.57 bits per heavy atom. The summed E-state index contributed by atoms with van der Waals surface area (Å²) in [6.07, 6.45) is 2.76. The number of hydrogen-bond donors (Lipinski definition) is 1.